The number of benzene rings is 3. The smallest absolute Gasteiger partial charge is 0.361 e. The largest absolute Gasteiger partial charge is 0.419 e. The third-order valence-electron chi connectivity index (χ3n) is 5.53. The third-order valence-corrected chi connectivity index (χ3v) is 5.53. The summed E-state index contributed by atoms with van der Waals surface area (Å²) in [5.74, 6) is -3.02. The van der Waals surface area contributed by atoms with E-state index < -0.39 is 35.3 Å². The van der Waals surface area contributed by atoms with E-state index in [2.05, 4.69) is 16.9 Å². The van der Waals surface area contributed by atoms with Gasteiger partial charge in [0.25, 0.3) is 5.91 Å². The van der Waals surface area contributed by atoms with Crippen molar-refractivity contribution in [3.8, 4) is 11.1 Å². The number of hydrogen-bond acceptors (Lipinski definition) is 1. The molecule has 0 aliphatic heterocycles. The van der Waals surface area contributed by atoms with E-state index in [9.17, 15) is 26.7 Å². The van der Waals surface area contributed by atoms with Gasteiger partial charge in [0.05, 0.1) is 17.2 Å². The number of aromatic amines is 1. The SMILES string of the molecule is C=CC(Cc1c[nH]c2ccccc12)NC(=O)c1ccc(-c2ccc(F)c(C(F)(F)F)c2)cc1F. The van der Waals surface area contributed by atoms with Crippen LogP contribution >= 0.6 is 0 Å². The number of para-hydroxylation sites is 1. The van der Waals surface area contributed by atoms with Crippen LogP contribution in [0.25, 0.3) is 22.0 Å². The zero-order valence-electron chi connectivity index (χ0n) is 17.7. The lowest BCUT2D eigenvalue weighted by molar-refractivity contribution is -0.139. The van der Waals surface area contributed by atoms with Gasteiger partial charge in [-0.3, -0.25) is 4.79 Å². The van der Waals surface area contributed by atoms with Crippen molar-refractivity contribution in [3.63, 3.8) is 0 Å². The molecule has 1 heterocycles. The van der Waals surface area contributed by atoms with Crippen LogP contribution in [0.5, 0.6) is 0 Å². The zero-order chi connectivity index (χ0) is 24.5. The molecule has 4 aromatic rings. The maximum atomic E-state index is 14.8. The number of fused-ring (bicyclic) bond motifs is 1. The van der Waals surface area contributed by atoms with Gasteiger partial charge in [-0.25, -0.2) is 8.78 Å². The van der Waals surface area contributed by atoms with Crippen molar-refractivity contribution >= 4 is 16.8 Å². The van der Waals surface area contributed by atoms with Gasteiger partial charge in [0.2, 0.25) is 0 Å². The highest BCUT2D eigenvalue weighted by Crippen LogP contribution is 2.34. The molecule has 0 aliphatic carbocycles. The lowest BCUT2D eigenvalue weighted by atomic mass is 10.00. The first-order valence-corrected chi connectivity index (χ1v) is 10.3. The molecule has 1 amide bonds. The standard InChI is InChI=1S/C26H19F5N2O/c1-2-18(11-17-14-32-24-6-4-3-5-19(17)24)33-25(34)20-9-7-16(13-23(20)28)15-8-10-22(27)21(12-15)26(29,30)31/h2-10,12-14,18,32H,1,11H2,(H,33,34). The first-order valence-electron chi connectivity index (χ1n) is 10.3. The Kier molecular flexibility index (Phi) is 6.24. The fourth-order valence-electron chi connectivity index (χ4n) is 3.78. The Hall–Kier alpha value is -3.94. The minimum Gasteiger partial charge on any atom is -0.361 e. The fourth-order valence-corrected chi connectivity index (χ4v) is 3.78. The van der Waals surface area contributed by atoms with Crippen LogP contribution in [-0.4, -0.2) is 16.9 Å². The van der Waals surface area contributed by atoms with Gasteiger partial charge in [-0.15, -0.1) is 6.58 Å². The molecule has 1 aromatic heterocycles. The Morgan fingerprint density at radius 3 is 2.41 bits per heavy atom. The third kappa shape index (κ3) is 4.71. The van der Waals surface area contributed by atoms with Crippen molar-refractivity contribution in [2.24, 2.45) is 0 Å². The molecule has 3 aromatic carbocycles. The number of alkyl halides is 3. The molecule has 34 heavy (non-hydrogen) atoms. The summed E-state index contributed by atoms with van der Waals surface area (Å²) in [6.07, 6.45) is -1.08. The van der Waals surface area contributed by atoms with Gasteiger partial charge in [0, 0.05) is 17.1 Å². The van der Waals surface area contributed by atoms with Crippen molar-refractivity contribution in [2.45, 2.75) is 18.6 Å². The predicted molar refractivity (Wildman–Crippen MR) is 120 cm³/mol. The van der Waals surface area contributed by atoms with Crippen LogP contribution < -0.4 is 5.32 Å². The monoisotopic (exact) mass is 470 g/mol. The maximum absolute atomic E-state index is 14.8. The second kappa shape index (κ2) is 9.13. The molecule has 0 spiro atoms. The van der Waals surface area contributed by atoms with Gasteiger partial charge in [-0.2, -0.15) is 13.2 Å². The number of carbonyl (C=O) groups excluding carboxylic acids is 1. The van der Waals surface area contributed by atoms with Crippen molar-refractivity contribution < 1.29 is 26.7 Å². The van der Waals surface area contributed by atoms with Crippen LogP contribution in [0.4, 0.5) is 22.0 Å². The molecule has 174 valence electrons. The number of aromatic nitrogens is 1. The summed E-state index contributed by atoms with van der Waals surface area (Å²) in [4.78, 5) is 15.8. The number of amides is 1. The van der Waals surface area contributed by atoms with Crippen LogP contribution in [0.2, 0.25) is 0 Å². The summed E-state index contributed by atoms with van der Waals surface area (Å²) < 4.78 is 67.3. The van der Waals surface area contributed by atoms with Crippen molar-refractivity contribution in [2.75, 3.05) is 0 Å². The summed E-state index contributed by atoms with van der Waals surface area (Å²) in [6.45, 7) is 3.74. The molecule has 0 aliphatic rings. The summed E-state index contributed by atoms with van der Waals surface area (Å²) in [7, 11) is 0. The molecule has 8 heteroatoms. The minimum atomic E-state index is -4.89. The van der Waals surface area contributed by atoms with E-state index >= 15 is 0 Å². The highest BCUT2D eigenvalue weighted by Gasteiger charge is 2.34. The molecule has 0 radical (unpaired) electrons. The second-order valence-electron chi connectivity index (χ2n) is 7.77. The molecule has 0 saturated carbocycles. The maximum Gasteiger partial charge on any atom is 0.419 e. The molecule has 1 atom stereocenters. The zero-order valence-corrected chi connectivity index (χ0v) is 17.7. The van der Waals surface area contributed by atoms with Gasteiger partial charge < -0.3 is 10.3 Å². The van der Waals surface area contributed by atoms with Gasteiger partial charge in [0.1, 0.15) is 11.6 Å². The molecular weight excluding hydrogens is 451 g/mol. The molecule has 1 unspecified atom stereocenters. The molecule has 0 bridgehead atoms. The van der Waals surface area contributed by atoms with Crippen LogP contribution in [0.15, 0.2) is 79.5 Å². The first-order chi connectivity index (χ1) is 16.2. The number of rotatable bonds is 6. The number of carbonyl (C=O) groups is 1. The average molecular weight is 470 g/mol. The molecule has 3 nitrogen and oxygen atoms in total. The van der Waals surface area contributed by atoms with Crippen molar-refractivity contribution in [3.05, 3.63) is 108 Å². The minimum absolute atomic E-state index is 0.0251. The van der Waals surface area contributed by atoms with Crippen LogP contribution in [0.1, 0.15) is 21.5 Å². The van der Waals surface area contributed by atoms with Gasteiger partial charge in [-0.1, -0.05) is 36.4 Å². The highest BCUT2D eigenvalue weighted by molar-refractivity contribution is 5.95. The first kappa shape index (κ1) is 23.2. The average Bonchev–Trinajstić information content (AvgIpc) is 3.20. The Balaban J connectivity index is 1.53. The van der Waals surface area contributed by atoms with E-state index in [0.717, 1.165) is 28.6 Å². The molecule has 0 fully saturated rings. The van der Waals surface area contributed by atoms with E-state index in [1.807, 2.05) is 30.5 Å². The molecule has 4 rings (SSSR count). The number of H-pyrrole nitrogens is 1. The highest BCUT2D eigenvalue weighted by atomic mass is 19.4. The summed E-state index contributed by atoms with van der Waals surface area (Å²) in [6, 6.07) is 13.0. The topological polar surface area (TPSA) is 44.9 Å². The Morgan fingerprint density at radius 1 is 1.00 bits per heavy atom. The summed E-state index contributed by atoms with van der Waals surface area (Å²) >= 11 is 0. The van der Waals surface area contributed by atoms with Gasteiger partial charge in [-0.05, 0) is 53.4 Å². The van der Waals surface area contributed by atoms with E-state index in [0.29, 0.717) is 18.6 Å². The van der Waals surface area contributed by atoms with Crippen molar-refractivity contribution in [1.82, 2.24) is 10.3 Å². The van der Waals surface area contributed by atoms with Crippen LogP contribution in [0, 0.1) is 11.6 Å². The van der Waals surface area contributed by atoms with E-state index in [1.54, 1.807) is 6.08 Å². The van der Waals surface area contributed by atoms with Crippen LogP contribution in [-0.2, 0) is 12.6 Å². The summed E-state index contributed by atoms with van der Waals surface area (Å²) in [5.41, 5.74) is 0.240. The van der Waals surface area contributed by atoms with E-state index in [4.69, 9.17) is 0 Å². The number of nitrogens with one attached hydrogen (secondary N) is 2. The predicted octanol–water partition coefficient (Wildman–Crippen LogP) is 6.66. The Bertz CT molecular complexity index is 1370. The quantitative estimate of drug-likeness (QED) is 0.240. The van der Waals surface area contributed by atoms with Gasteiger partial charge >= 0.3 is 6.18 Å². The lowest BCUT2D eigenvalue weighted by Crippen LogP contribution is -2.35. The fraction of sp³-hybridized carbons (Fsp3) is 0.115. The van der Waals surface area contributed by atoms with Gasteiger partial charge in [0.15, 0.2) is 0 Å². The normalized spacial score (nSPS) is 12.5. The Morgan fingerprint density at radius 2 is 1.71 bits per heavy atom. The summed E-state index contributed by atoms with van der Waals surface area (Å²) in [5, 5.41) is 3.71. The molecular formula is C26H19F5N2O. The van der Waals surface area contributed by atoms with Crippen molar-refractivity contribution in [1.29, 1.82) is 0 Å². The van der Waals surface area contributed by atoms with E-state index in [1.165, 1.54) is 12.1 Å². The number of hydrogen-bond donors (Lipinski definition) is 2. The molecule has 2 N–H and O–H groups in total. The van der Waals surface area contributed by atoms with E-state index in [-0.39, 0.29) is 16.7 Å². The lowest BCUT2D eigenvalue weighted by Gasteiger charge is -2.15. The van der Waals surface area contributed by atoms with Crippen LogP contribution in [0.3, 0.4) is 0 Å². The second-order valence-corrected chi connectivity index (χ2v) is 7.77. The Labute approximate surface area is 191 Å². The number of halogens is 5. The molecule has 0 saturated heterocycles.